The normalized spacial score (nSPS) is 16.8. The van der Waals surface area contributed by atoms with Crippen LogP contribution in [0.5, 0.6) is 0 Å². The monoisotopic (exact) mass is 286 g/mol. The van der Waals surface area contributed by atoms with Crippen molar-refractivity contribution >= 4 is 5.91 Å². The van der Waals surface area contributed by atoms with Crippen LogP contribution in [0.4, 0.5) is 13.2 Å². The van der Waals surface area contributed by atoms with Crippen molar-refractivity contribution in [2.45, 2.75) is 38.0 Å². The third kappa shape index (κ3) is 3.96. The number of carbonyl (C=O) groups excluding carboxylic acids is 1. The van der Waals surface area contributed by atoms with Crippen molar-refractivity contribution < 1.29 is 18.0 Å². The molecule has 1 unspecified atom stereocenters. The number of amides is 1. The summed E-state index contributed by atoms with van der Waals surface area (Å²) in [6, 6.07) is 5.11. The second kappa shape index (κ2) is 5.83. The van der Waals surface area contributed by atoms with Crippen LogP contribution in [0.25, 0.3) is 0 Å². The van der Waals surface area contributed by atoms with E-state index in [0.29, 0.717) is 0 Å². The minimum absolute atomic E-state index is 0.0177. The van der Waals surface area contributed by atoms with Gasteiger partial charge in [-0.3, -0.25) is 4.79 Å². The summed E-state index contributed by atoms with van der Waals surface area (Å²) >= 11 is 0. The molecule has 2 N–H and O–H groups in total. The highest BCUT2D eigenvalue weighted by Crippen LogP contribution is 2.34. The largest absolute Gasteiger partial charge is 0.416 e. The number of carbonyl (C=O) groups is 1. The first-order chi connectivity index (χ1) is 9.38. The highest BCUT2D eigenvalue weighted by Gasteiger charge is 2.34. The van der Waals surface area contributed by atoms with Crippen molar-refractivity contribution in [3.8, 4) is 0 Å². The van der Waals surface area contributed by atoms with Crippen LogP contribution < -0.4 is 10.6 Å². The molecule has 1 fully saturated rings. The fraction of sp³-hybridized carbons (Fsp3) is 0.500. The molecule has 1 aromatic carbocycles. The fourth-order valence-electron chi connectivity index (χ4n) is 1.99. The summed E-state index contributed by atoms with van der Waals surface area (Å²) in [6.45, 7) is 1.64. The standard InChI is InChI=1S/C14H17F3N2O/c1-9(18-8-13(20)19-10-6-7-10)11-4-2-3-5-12(11)14(15,16)17/h2-5,9-10,18H,6-8H2,1H3,(H,19,20). The average Bonchev–Trinajstić information content (AvgIpc) is 3.19. The predicted molar refractivity (Wildman–Crippen MR) is 69.0 cm³/mol. The molecule has 20 heavy (non-hydrogen) atoms. The predicted octanol–water partition coefficient (Wildman–Crippen LogP) is 2.63. The third-order valence-corrected chi connectivity index (χ3v) is 3.24. The first kappa shape index (κ1) is 14.8. The van der Waals surface area contributed by atoms with Gasteiger partial charge < -0.3 is 10.6 Å². The lowest BCUT2D eigenvalue weighted by atomic mass is 10.0. The topological polar surface area (TPSA) is 41.1 Å². The molecule has 1 aromatic rings. The molecule has 0 heterocycles. The molecule has 1 amide bonds. The summed E-state index contributed by atoms with van der Waals surface area (Å²) < 4.78 is 38.6. The number of rotatable bonds is 5. The fourth-order valence-corrected chi connectivity index (χ4v) is 1.99. The van der Waals surface area contributed by atoms with E-state index in [1.807, 2.05) is 0 Å². The lowest BCUT2D eigenvalue weighted by Crippen LogP contribution is -2.36. The summed E-state index contributed by atoms with van der Waals surface area (Å²) in [5.74, 6) is -0.177. The van der Waals surface area contributed by atoms with Gasteiger partial charge in [-0.1, -0.05) is 18.2 Å². The first-order valence-corrected chi connectivity index (χ1v) is 6.57. The third-order valence-electron chi connectivity index (χ3n) is 3.24. The number of benzene rings is 1. The van der Waals surface area contributed by atoms with E-state index in [1.165, 1.54) is 12.1 Å². The van der Waals surface area contributed by atoms with E-state index in [9.17, 15) is 18.0 Å². The van der Waals surface area contributed by atoms with Crippen molar-refractivity contribution in [1.82, 2.24) is 10.6 Å². The quantitative estimate of drug-likeness (QED) is 0.873. The molecule has 1 saturated carbocycles. The molecular weight excluding hydrogens is 269 g/mol. The van der Waals surface area contributed by atoms with Gasteiger partial charge in [0.25, 0.3) is 0 Å². The summed E-state index contributed by atoms with van der Waals surface area (Å²) in [5.41, 5.74) is -0.512. The zero-order valence-corrected chi connectivity index (χ0v) is 11.1. The summed E-state index contributed by atoms with van der Waals surface area (Å²) in [5, 5.41) is 5.61. The van der Waals surface area contributed by atoms with Gasteiger partial charge in [0.2, 0.25) is 5.91 Å². The molecule has 110 valence electrons. The van der Waals surface area contributed by atoms with Crippen molar-refractivity contribution in [2.75, 3.05) is 6.54 Å². The minimum Gasteiger partial charge on any atom is -0.352 e. The van der Waals surface area contributed by atoms with Crippen molar-refractivity contribution in [1.29, 1.82) is 0 Å². The zero-order valence-electron chi connectivity index (χ0n) is 11.1. The maximum absolute atomic E-state index is 12.9. The molecule has 1 atom stereocenters. The Bertz CT molecular complexity index is 484. The van der Waals surface area contributed by atoms with E-state index in [0.717, 1.165) is 18.9 Å². The van der Waals surface area contributed by atoms with Crippen LogP contribution in [-0.4, -0.2) is 18.5 Å². The Kier molecular flexibility index (Phi) is 4.32. The molecule has 0 radical (unpaired) electrons. The highest BCUT2D eigenvalue weighted by molar-refractivity contribution is 5.78. The lowest BCUT2D eigenvalue weighted by Gasteiger charge is -2.19. The van der Waals surface area contributed by atoms with Gasteiger partial charge in [0.05, 0.1) is 12.1 Å². The van der Waals surface area contributed by atoms with E-state index >= 15 is 0 Å². The maximum atomic E-state index is 12.9. The molecule has 0 bridgehead atoms. The number of hydrogen-bond donors (Lipinski definition) is 2. The smallest absolute Gasteiger partial charge is 0.352 e. The Labute approximate surface area is 115 Å². The maximum Gasteiger partial charge on any atom is 0.416 e. The van der Waals surface area contributed by atoms with Crippen LogP contribution in [0.2, 0.25) is 0 Å². The van der Waals surface area contributed by atoms with Gasteiger partial charge in [-0.2, -0.15) is 13.2 Å². The average molecular weight is 286 g/mol. The van der Waals surface area contributed by atoms with Crippen LogP contribution in [0.3, 0.4) is 0 Å². The molecule has 0 spiro atoms. The number of nitrogens with one attached hydrogen (secondary N) is 2. The van der Waals surface area contributed by atoms with E-state index in [4.69, 9.17) is 0 Å². The molecule has 0 aromatic heterocycles. The number of halogens is 3. The molecule has 1 aliphatic rings. The van der Waals surface area contributed by atoms with Crippen LogP contribution >= 0.6 is 0 Å². The van der Waals surface area contributed by atoms with Gasteiger partial charge in [-0.15, -0.1) is 0 Å². The van der Waals surface area contributed by atoms with Crippen LogP contribution in [0, 0.1) is 0 Å². The Hall–Kier alpha value is -1.56. The van der Waals surface area contributed by atoms with E-state index in [-0.39, 0.29) is 24.1 Å². The summed E-state index contributed by atoms with van der Waals surface area (Å²) in [7, 11) is 0. The Morgan fingerprint density at radius 2 is 2.00 bits per heavy atom. The molecule has 0 aliphatic heterocycles. The van der Waals surface area contributed by atoms with Crippen molar-refractivity contribution in [3.05, 3.63) is 35.4 Å². The SMILES string of the molecule is CC(NCC(=O)NC1CC1)c1ccccc1C(F)(F)F. The minimum atomic E-state index is -4.39. The van der Waals surface area contributed by atoms with Gasteiger partial charge in [-0.05, 0) is 31.4 Å². The van der Waals surface area contributed by atoms with Crippen molar-refractivity contribution in [2.24, 2.45) is 0 Å². The zero-order chi connectivity index (χ0) is 14.8. The number of alkyl halides is 3. The lowest BCUT2D eigenvalue weighted by molar-refractivity contribution is -0.138. The van der Waals surface area contributed by atoms with Gasteiger partial charge in [0.15, 0.2) is 0 Å². The van der Waals surface area contributed by atoms with E-state index in [1.54, 1.807) is 13.0 Å². The van der Waals surface area contributed by atoms with Crippen LogP contribution in [-0.2, 0) is 11.0 Å². The van der Waals surface area contributed by atoms with Crippen LogP contribution in [0.1, 0.15) is 36.9 Å². The molecule has 3 nitrogen and oxygen atoms in total. The second-order valence-electron chi connectivity index (χ2n) is 5.03. The Morgan fingerprint density at radius 1 is 1.35 bits per heavy atom. The Balaban J connectivity index is 1.97. The molecular formula is C14H17F3N2O. The van der Waals surface area contributed by atoms with E-state index in [2.05, 4.69) is 10.6 Å². The number of hydrogen-bond acceptors (Lipinski definition) is 2. The van der Waals surface area contributed by atoms with Gasteiger partial charge in [0, 0.05) is 12.1 Å². The summed E-state index contributed by atoms with van der Waals surface area (Å²) in [4.78, 5) is 11.5. The van der Waals surface area contributed by atoms with Crippen LogP contribution in [0.15, 0.2) is 24.3 Å². The highest BCUT2D eigenvalue weighted by atomic mass is 19.4. The van der Waals surface area contributed by atoms with E-state index < -0.39 is 17.8 Å². The van der Waals surface area contributed by atoms with Gasteiger partial charge in [0.1, 0.15) is 0 Å². The summed E-state index contributed by atoms with van der Waals surface area (Å²) in [6.07, 6.45) is -2.42. The second-order valence-corrected chi connectivity index (χ2v) is 5.03. The van der Waals surface area contributed by atoms with Gasteiger partial charge >= 0.3 is 6.18 Å². The van der Waals surface area contributed by atoms with Crippen molar-refractivity contribution in [3.63, 3.8) is 0 Å². The Morgan fingerprint density at radius 3 is 2.60 bits per heavy atom. The molecule has 6 heteroatoms. The molecule has 1 aliphatic carbocycles. The first-order valence-electron chi connectivity index (χ1n) is 6.57. The molecule has 2 rings (SSSR count). The van der Waals surface area contributed by atoms with Gasteiger partial charge in [-0.25, -0.2) is 0 Å². The molecule has 0 saturated heterocycles.